The lowest BCUT2D eigenvalue weighted by molar-refractivity contribution is 0.153. The molecule has 17 heavy (non-hydrogen) atoms. The van der Waals surface area contributed by atoms with Crippen LogP contribution in [0.25, 0.3) is 0 Å². The second kappa shape index (κ2) is 5.50. The molecule has 1 aromatic rings. The van der Waals surface area contributed by atoms with Gasteiger partial charge in [-0.15, -0.1) is 0 Å². The summed E-state index contributed by atoms with van der Waals surface area (Å²) < 4.78 is 19.1. The molecule has 0 radical (unpaired) electrons. The first-order valence-electron chi connectivity index (χ1n) is 6.38. The van der Waals surface area contributed by atoms with Crippen LogP contribution in [-0.4, -0.2) is 6.10 Å². The summed E-state index contributed by atoms with van der Waals surface area (Å²) in [4.78, 5) is 0. The van der Waals surface area contributed by atoms with Crippen LogP contribution in [0.15, 0.2) is 18.2 Å². The Kier molecular flexibility index (Phi) is 4.00. The van der Waals surface area contributed by atoms with Crippen molar-refractivity contribution in [1.29, 1.82) is 0 Å². The number of halogens is 1. The molecule has 0 heterocycles. The van der Waals surface area contributed by atoms with Gasteiger partial charge in [-0.05, 0) is 50.8 Å². The van der Waals surface area contributed by atoms with Gasteiger partial charge in [0.2, 0.25) is 0 Å². The molecule has 2 N–H and O–H groups in total. The van der Waals surface area contributed by atoms with E-state index in [1.807, 2.05) is 6.92 Å². The number of hydrogen-bond donors (Lipinski definition) is 1. The lowest BCUT2D eigenvalue weighted by Gasteiger charge is -2.25. The molecule has 0 saturated heterocycles. The first-order chi connectivity index (χ1) is 8.16. The molecule has 1 unspecified atom stereocenters. The number of benzene rings is 1. The fourth-order valence-electron chi connectivity index (χ4n) is 2.35. The van der Waals surface area contributed by atoms with Gasteiger partial charge in [0.25, 0.3) is 0 Å². The van der Waals surface area contributed by atoms with E-state index in [0.717, 1.165) is 24.2 Å². The van der Waals surface area contributed by atoms with E-state index in [2.05, 4.69) is 0 Å². The Balaban J connectivity index is 2.13. The highest BCUT2D eigenvalue weighted by atomic mass is 19.1. The van der Waals surface area contributed by atoms with E-state index < -0.39 is 0 Å². The van der Waals surface area contributed by atoms with Gasteiger partial charge in [0.05, 0.1) is 6.10 Å². The van der Waals surface area contributed by atoms with Crippen molar-refractivity contribution in [3.63, 3.8) is 0 Å². The summed E-state index contributed by atoms with van der Waals surface area (Å²) in [5, 5.41) is 0. The highest BCUT2D eigenvalue weighted by Crippen LogP contribution is 2.29. The van der Waals surface area contributed by atoms with Crippen molar-refractivity contribution in [2.24, 2.45) is 5.73 Å². The zero-order valence-corrected chi connectivity index (χ0v) is 10.3. The monoisotopic (exact) mass is 237 g/mol. The molecule has 1 atom stereocenters. The summed E-state index contributed by atoms with van der Waals surface area (Å²) in [5.74, 6) is 0.488. The summed E-state index contributed by atoms with van der Waals surface area (Å²) in [6.07, 6.45) is 6.19. The first-order valence-corrected chi connectivity index (χ1v) is 6.38. The molecular formula is C14H20FNO. The van der Waals surface area contributed by atoms with E-state index in [1.54, 1.807) is 6.07 Å². The molecular weight excluding hydrogens is 217 g/mol. The van der Waals surface area contributed by atoms with E-state index in [1.165, 1.54) is 31.4 Å². The van der Waals surface area contributed by atoms with Crippen LogP contribution in [0.5, 0.6) is 5.75 Å². The minimum absolute atomic E-state index is 0.204. The normalized spacial score (nSPS) is 19.0. The van der Waals surface area contributed by atoms with Crippen molar-refractivity contribution in [3.8, 4) is 5.75 Å². The van der Waals surface area contributed by atoms with Crippen molar-refractivity contribution in [1.82, 2.24) is 0 Å². The van der Waals surface area contributed by atoms with Crippen LogP contribution in [-0.2, 0) is 0 Å². The predicted octanol–water partition coefficient (Wildman–Crippen LogP) is 3.56. The van der Waals surface area contributed by atoms with Gasteiger partial charge in [-0.1, -0.05) is 6.42 Å². The fourth-order valence-corrected chi connectivity index (χ4v) is 2.35. The van der Waals surface area contributed by atoms with E-state index in [9.17, 15) is 4.39 Å². The summed E-state index contributed by atoms with van der Waals surface area (Å²) in [6.45, 7) is 1.85. The fraction of sp³-hybridized carbons (Fsp3) is 0.571. The molecule has 1 fully saturated rings. The minimum Gasteiger partial charge on any atom is -0.490 e. The number of nitrogens with two attached hydrogens (primary N) is 1. The topological polar surface area (TPSA) is 35.2 Å². The van der Waals surface area contributed by atoms with Crippen molar-refractivity contribution >= 4 is 0 Å². The van der Waals surface area contributed by atoms with Crippen LogP contribution in [0.2, 0.25) is 0 Å². The second-order valence-electron chi connectivity index (χ2n) is 4.85. The Morgan fingerprint density at radius 2 is 2.00 bits per heavy atom. The smallest absolute Gasteiger partial charge is 0.124 e. The minimum atomic E-state index is -0.256. The number of ether oxygens (including phenoxy) is 1. The SMILES string of the molecule is CC(N)c1cc(F)ccc1OC1CCCCC1. The lowest BCUT2D eigenvalue weighted by Crippen LogP contribution is -2.21. The van der Waals surface area contributed by atoms with Gasteiger partial charge in [0.1, 0.15) is 11.6 Å². The number of rotatable bonds is 3. The Morgan fingerprint density at radius 3 is 2.65 bits per heavy atom. The molecule has 1 saturated carbocycles. The van der Waals surface area contributed by atoms with E-state index in [0.29, 0.717) is 0 Å². The van der Waals surface area contributed by atoms with E-state index in [4.69, 9.17) is 10.5 Å². The highest BCUT2D eigenvalue weighted by Gasteiger charge is 2.17. The third-order valence-corrected chi connectivity index (χ3v) is 3.31. The van der Waals surface area contributed by atoms with Crippen molar-refractivity contribution < 1.29 is 9.13 Å². The molecule has 0 bridgehead atoms. The van der Waals surface area contributed by atoms with Crippen molar-refractivity contribution in [2.75, 3.05) is 0 Å². The highest BCUT2D eigenvalue weighted by molar-refractivity contribution is 5.36. The molecule has 1 aromatic carbocycles. The van der Waals surface area contributed by atoms with Crippen LogP contribution >= 0.6 is 0 Å². The maximum atomic E-state index is 13.2. The van der Waals surface area contributed by atoms with Crippen molar-refractivity contribution in [3.05, 3.63) is 29.6 Å². The van der Waals surface area contributed by atoms with Gasteiger partial charge >= 0.3 is 0 Å². The maximum Gasteiger partial charge on any atom is 0.124 e. The first kappa shape index (κ1) is 12.4. The van der Waals surface area contributed by atoms with Crippen molar-refractivity contribution in [2.45, 2.75) is 51.2 Å². The van der Waals surface area contributed by atoms with Crippen LogP contribution < -0.4 is 10.5 Å². The summed E-state index contributed by atoms with van der Waals surface area (Å²) in [7, 11) is 0. The van der Waals surface area contributed by atoms with E-state index in [-0.39, 0.29) is 18.0 Å². The van der Waals surface area contributed by atoms with Gasteiger partial charge in [0, 0.05) is 11.6 Å². The Labute approximate surface area is 102 Å². The molecule has 0 amide bonds. The third-order valence-electron chi connectivity index (χ3n) is 3.31. The molecule has 2 nitrogen and oxygen atoms in total. The van der Waals surface area contributed by atoms with Gasteiger partial charge in [-0.2, -0.15) is 0 Å². The van der Waals surface area contributed by atoms with Crippen LogP contribution in [0.4, 0.5) is 4.39 Å². The van der Waals surface area contributed by atoms with Crippen LogP contribution in [0.3, 0.4) is 0 Å². The predicted molar refractivity (Wildman–Crippen MR) is 66.5 cm³/mol. The third kappa shape index (κ3) is 3.19. The number of hydrogen-bond acceptors (Lipinski definition) is 2. The molecule has 0 spiro atoms. The summed E-state index contributed by atoms with van der Waals surface area (Å²) >= 11 is 0. The largest absolute Gasteiger partial charge is 0.490 e. The van der Waals surface area contributed by atoms with Gasteiger partial charge in [-0.3, -0.25) is 0 Å². The quantitative estimate of drug-likeness (QED) is 0.872. The molecule has 2 rings (SSSR count). The summed E-state index contributed by atoms with van der Waals surface area (Å²) in [6, 6.07) is 4.40. The maximum absolute atomic E-state index is 13.2. The zero-order chi connectivity index (χ0) is 12.3. The molecule has 0 aromatic heterocycles. The van der Waals surface area contributed by atoms with Gasteiger partial charge < -0.3 is 10.5 Å². The van der Waals surface area contributed by atoms with E-state index >= 15 is 0 Å². The Hall–Kier alpha value is -1.09. The summed E-state index contributed by atoms with van der Waals surface area (Å²) in [5.41, 5.74) is 6.60. The lowest BCUT2D eigenvalue weighted by atomic mass is 9.97. The Morgan fingerprint density at radius 1 is 1.29 bits per heavy atom. The standard InChI is InChI=1S/C14H20FNO/c1-10(16)13-9-11(15)7-8-14(13)17-12-5-3-2-4-6-12/h7-10,12H,2-6,16H2,1H3. The molecule has 1 aliphatic rings. The van der Waals surface area contributed by atoms with Gasteiger partial charge in [-0.25, -0.2) is 4.39 Å². The zero-order valence-electron chi connectivity index (χ0n) is 10.3. The van der Waals surface area contributed by atoms with Crippen LogP contribution in [0, 0.1) is 5.82 Å². The average molecular weight is 237 g/mol. The van der Waals surface area contributed by atoms with Crippen LogP contribution in [0.1, 0.15) is 50.6 Å². The Bertz CT molecular complexity index is 372. The average Bonchev–Trinajstić information content (AvgIpc) is 2.32. The molecule has 1 aliphatic carbocycles. The molecule has 3 heteroatoms. The molecule has 0 aliphatic heterocycles. The molecule has 94 valence electrons. The van der Waals surface area contributed by atoms with Gasteiger partial charge in [0.15, 0.2) is 0 Å². The second-order valence-corrected chi connectivity index (χ2v) is 4.85.